The van der Waals surface area contributed by atoms with Gasteiger partial charge in [-0.3, -0.25) is 9.59 Å². The molecule has 3 aliphatic carbocycles. The zero-order chi connectivity index (χ0) is 17.6. The van der Waals surface area contributed by atoms with E-state index in [2.05, 4.69) is 31.2 Å². The lowest BCUT2D eigenvalue weighted by Crippen LogP contribution is -2.58. The van der Waals surface area contributed by atoms with Crippen LogP contribution in [0.5, 0.6) is 0 Å². The molecular weight excluding hydrogens is 326 g/mol. The first-order chi connectivity index (χ1) is 11.3. The molecule has 0 amide bonds. The van der Waals surface area contributed by atoms with E-state index in [1.165, 1.54) is 18.2 Å². The van der Waals surface area contributed by atoms with Gasteiger partial charge in [-0.2, -0.15) is 5.10 Å². The SMILES string of the molecule is CSc1c(N[C@@H]2C[C@H]3C[C@H]([C@@H]2C)C3(C)C)cnn(CC(=O)O)c1=O. The molecule has 7 heteroatoms. The van der Waals surface area contributed by atoms with Gasteiger partial charge in [0.2, 0.25) is 0 Å². The summed E-state index contributed by atoms with van der Waals surface area (Å²) in [6, 6.07) is 0.337. The van der Waals surface area contributed by atoms with Crippen LogP contribution in [0.2, 0.25) is 0 Å². The van der Waals surface area contributed by atoms with Crippen LogP contribution in [0.25, 0.3) is 0 Å². The standard InChI is InChI=1S/C17H25N3O3S/c1-9-11-5-10(17(11,2)3)6-12(9)19-13-7-18-20(8-14(21)22)16(23)15(13)24-4/h7,9-12,19H,5-6,8H2,1-4H3,(H,21,22)/t9-,10+,11+,12+/m0/s1. The molecule has 0 aliphatic heterocycles. The number of rotatable bonds is 5. The second-order valence-electron chi connectivity index (χ2n) is 7.65. The van der Waals surface area contributed by atoms with Crippen LogP contribution >= 0.6 is 11.8 Å². The topological polar surface area (TPSA) is 84.2 Å². The highest BCUT2D eigenvalue weighted by molar-refractivity contribution is 7.98. The van der Waals surface area contributed by atoms with Crippen LogP contribution in [-0.4, -0.2) is 33.2 Å². The Morgan fingerprint density at radius 3 is 2.75 bits per heavy atom. The Hall–Kier alpha value is -1.50. The number of carbonyl (C=O) groups is 1. The van der Waals surface area contributed by atoms with Crippen molar-refractivity contribution in [2.45, 2.75) is 51.1 Å². The summed E-state index contributed by atoms with van der Waals surface area (Å²) in [5.41, 5.74) is 0.803. The second-order valence-corrected chi connectivity index (χ2v) is 8.47. The van der Waals surface area contributed by atoms with Crippen LogP contribution in [0, 0.1) is 23.2 Å². The number of carboxylic acids is 1. The van der Waals surface area contributed by atoms with Crippen molar-refractivity contribution in [1.82, 2.24) is 9.78 Å². The summed E-state index contributed by atoms with van der Waals surface area (Å²) in [5, 5.41) is 16.4. The van der Waals surface area contributed by atoms with Crippen LogP contribution in [0.3, 0.4) is 0 Å². The number of nitrogens with zero attached hydrogens (tertiary/aromatic N) is 2. The maximum Gasteiger partial charge on any atom is 0.325 e. The number of nitrogens with one attached hydrogen (secondary N) is 1. The molecule has 3 saturated carbocycles. The molecule has 0 radical (unpaired) electrons. The third-order valence-corrected chi connectivity index (χ3v) is 6.99. The van der Waals surface area contributed by atoms with E-state index in [0.29, 0.717) is 28.2 Å². The van der Waals surface area contributed by atoms with Gasteiger partial charge >= 0.3 is 5.97 Å². The number of fused-ring (bicyclic) bond motifs is 2. The number of aromatic nitrogens is 2. The molecule has 4 atom stereocenters. The number of aliphatic carboxylic acids is 1. The van der Waals surface area contributed by atoms with E-state index in [-0.39, 0.29) is 5.56 Å². The molecule has 1 aromatic rings. The molecule has 2 N–H and O–H groups in total. The summed E-state index contributed by atoms with van der Waals surface area (Å²) in [6.45, 7) is 6.60. The van der Waals surface area contributed by atoms with Gasteiger partial charge in [0.05, 0.1) is 16.8 Å². The highest BCUT2D eigenvalue weighted by atomic mass is 32.2. The molecule has 0 aromatic carbocycles. The van der Waals surface area contributed by atoms with Crippen LogP contribution in [0.4, 0.5) is 5.69 Å². The summed E-state index contributed by atoms with van der Waals surface area (Å²) in [5.74, 6) is 0.919. The van der Waals surface area contributed by atoms with Gasteiger partial charge in [0.15, 0.2) is 0 Å². The van der Waals surface area contributed by atoms with Crippen molar-refractivity contribution in [3.05, 3.63) is 16.6 Å². The van der Waals surface area contributed by atoms with Gasteiger partial charge in [0.25, 0.3) is 5.56 Å². The van der Waals surface area contributed by atoms with E-state index in [9.17, 15) is 9.59 Å². The fraction of sp³-hybridized carbons (Fsp3) is 0.706. The van der Waals surface area contributed by atoms with E-state index < -0.39 is 12.5 Å². The maximum absolute atomic E-state index is 12.4. The van der Waals surface area contributed by atoms with Crippen molar-refractivity contribution in [1.29, 1.82) is 0 Å². The minimum absolute atomic E-state index is 0.337. The normalized spacial score (nSPS) is 30.5. The Labute approximate surface area is 146 Å². The van der Waals surface area contributed by atoms with Gasteiger partial charge in [-0.1, -0.05) is 20.8 Å². The molecule has 1 heterocycles. The predicted octanol–water partition coefficient (Wildman–Crippen LogP) is 2.53. The van der Waals surface area contributed by atoms with Crippen molar-refractivity contribution in [3.63, 3.8) is 0 Å². The average Bonchev–Trinajstić information content (AvgIpc) is 2.51. The van der Waals surface area contributed by atoms with Gasteiger partial charge in [0, 0.05) is 6.04 Å². The summed E-state index contributed by atoms with van der Waals surface area (Å²) in [4.78, 5) is 23.8. The van der Waals surface area contributed by atoms with Crippen LogP contribution in [-0.2, 0) is 11.3 Å². The van der Waals surface area contributed by atoms with Crippen molar-refractivity contribution >= 4 is 23.4 Å². The van der Waals surface area contributed by atoms with E-state index >= 15 is 0 Å². The molecule has 0 spiro atoms. The predicted molar refractivity (Wildman–Crippen MR) is 94.5 cm³/mol. The second kappa shape index (κ2) is 6.10. The Kier molecular flexibility index (Phi) is 4.40. The highest BCUT2D eigenvalue weighted by Gasteiger charge is 2.56. The lowest BCUT2D eigenvalue weighted by Gasteiger charge is -2.62. The Balaban J connectivity index is 1.82. The van der Waals surface area contributed by atoms with Gasteiger partial charge in [-0.25, -0.2) is 4.68 Å². The third kappa shape index (κ3) is 2.72. The first-order valence-electron chi connectivity index (χ1n) is 8.38. The van der Waals surface area contributed by atoms with Gasteiger partial charge < -0.3 is 10.4 Å². The largest absolute Gasteiger partial charge is 0.480 e. The third-order valence-electron chi connectivity index (χ3n) is 6.18. The van der Waals surface area contributed by atoms with Crippen LogP contribution in [0.1, 0.15) is 33.6 Å². The summed E-state index contributed by atoms with van der Waals surface area (Å²) < 4.78 is 1.00. The zero-order valence-corrected chi connectivity index (χ0v) is 15.4. The Morgan fingerprint density at radius 1 is 1.50 bits per heavy atom. The van der Waals surface area contributed by atoms with E-state index in [0.717, 1.165) is 22.7 Å². The number of hydrogen-bond donors (Lipinski definition) is 2. The molecule has 4 rings (SSSR count). The lowest BCUT2D eigenvalue weighted by atomic mass is 9.45. The fourth-order valence-electron chi connectivity index (χ4n) is 4.55. The summed E-state index contributed by atoms with van der Waals surface area (Å²) >= 11 is 1.34. The molecule has 3 aliphatic rings. The molecule has 0 unspecified atom stereocenters. The molecule has 2 bridgehead atoms. The molecule has 1 aromatic heterocycles. The van der Waals surface area contributed by atoms with E-state index in [1.54, 1.807) is 6.20 Å². The average molecular weight is 351 g/mol. The molecule has 3 fully saturated rings. The molecule has 24 heavy (non-hydrogen) atoms. The quantitative estimate of drug-likeness (QED) is 0.793. The van der Waals surface area contributed by atoms with E-state index in [1.807, 2.05) is 6.26 Å². The van der Waals surface area contributed by atoms with Crippen LogP contribution in [0.15, 0.2) is 15.9 Å². The summed E-state index contributed by atoms with van der Waals surface area (Å²) in [6.07, 6.45) is 5.84. The Bertz CT molecular complexity index is 716. The van der Waals surface area contributed by atoms with Crippen molar-refractivity contribution in [2.24, 2.45) is 23.2 Å². The fourth-order valence-corrected chi connectivity index (χ4v) is 5.16. The number of thioether (sulfide) groups is 1. The highest BCUT2D eigenvalue weighted by Crippen LogP contribution is 2.61. The number of anilines is 1. The lowest BCUT2D eigenvalue weighted by molar-refractivity contribution is -0.138. The smallest absolute Gasteiger partial charge is 0.325 e. The molecular formula is C17H25N3O3S. The first-order valence-corrected chi connectivity index (χ1v) is 9.60. The van der Waals surface area contributed by atoms with Crippen molar-refractivity contribution in [2.75, 3.05) is 11.6 Å². The van der Waals surface area contributed by atoms with E-state index in [4.69, 9.17) is 5.11 Å². The summed E-state index contributed by atoms with van der Waals surface area (Å²) in [7, 11) is 0. The minimum Gasteiger partial charge on any atom is -0.480 e. The molecule has 0 saturated heterocycles. The van der Waals surface area contributed by atoms with Crippen LogP contribution < -0.4 is 10.9 Å². The minimum atomic E-state index is -1.07. The zero-order valence-electron chi connectivity index (χ0n) is 14.6. The molecule has 132 valence electrons. The Morgan fingerprint density at radius 2 is 2.21 bits per heavy atom. The molecule has 6 nitrogen and oxygen atoms in total. The first kappa shape index (κ1) is 17.3. The van der Waals surface area contributed by atoms with Gasteiger partial charge in [0.1, 0.15) is 6.54 Å². The monoisotopic (exact) mass is 351 g/mol. The van der Waals surface area contributed by atoms with Gasteiger partial charge in [-0.05, 0) is 42.3 Å². The maximum atomic E-state index is 12.4. The van der Waals surface area contributed by atoms with Crippen molar-refractivity contribution < 1.29 is 9.90 Å². The number of hydrogen-bond acceptors (Lipinski definition) is 5. The van der Waals surface area contributed by atoms with Gasteiger partial charge in [-0.15, -0.1) is 11.8 Å². The number of carboxylic acid groups (broad SMARTS) is 1. The van der Waals surface area contributed by atoms with Crippen molar-refractivity contribution in [3.8, 4) is 0 Å².